The molecule has 5 rings (SSSR count). The van der Waals surface area contributed by atoms with E-state index in [4.69, 9.17) is 0 Å². The fourth-order valence-electron chi connectivity index (χ4n) is 5.97. The Kier molecular flexibility index (Phi) is 3.31. The van der Waals surface area contributed by atoms with Crippen LogP contribution in [0.3, 0.4) is 0 Å². The molecule has 0 aromatic carbocycles. The van der Waals surface area contributed by atoms with Gasteiger partial charge in [0.2, 0.25) is 0 Å². The van der Waals surface area contributed by atoms with Crippen LogP contribution in [0.5, 0.6) is 0 Å². The molecule has 1 aromatic rings. The maximum absolute atomic E-state index is 11.9. The second kappa shape index (κ2) is 5.39. The number of fused-ring (bicyclic) bond motifs is 5. The smallest absolute Gasteiger partial charge is 0.156 e. The van der Waals surface area contributed by atoms with E-state index in [-0.39, 0.29) is 10.8 Å². The lowest BCUT2D eigenvalue weighted by Gasteiger charge is -2.53. The summed E-state index contributed by atoms with van der Waals surface area (Å²) in [7, 11) is 0. The lowest BCUT2D eigenvalue weighted by atomic mass is 9.50. The summed E-state index contributed by atoms with van der Waals surface area (Å²) in [5.74, 6) is 1.38. The van der Waals surface area contributed by atoms with Gasteiger partial charge in [-0.05, 0) is 59.4 Å². The number of hydrogen-bond donors (Lipinski definition) is 0. The number of carbonyl (C=O) groups excluding carboxylic acids is 1. The van der Waals surface area contributed by atoms with E-state index >= 15 is 0 Å². The van der Waals surface area contributed by atoms with Crippen molar-refractivity contribution in [3.63, 3.8) is 0 Å². The van der Waals surface area contributed by atoms with Gasteiger partial charge in [-0.2, -0.15) is 0 Å². The molecule has 0 amide bonds. The number of nitrogens with zero attached hydrogens (tertiary/aromatic N) is 1. The van der Waals surface area contributed by atoms with Crippen molar-refractivity contribution in [2.24, 2.45) is 22.7 Å². The number of rotatable bonds is 1. The molecular weight excluding hydrogens is 318 g/mol. The van der Waals surface area contributed by atoms with E-state index in [2.05, 4.69) is 49.2 Å². The van der Waals surface area contributed by atoms with Gasteiger partial charge in [0.05, 0.1) is 0 Å². The summed E-state index contributed by atoms with van der Waals surface area (Å²) >= 11 is 0. The third-order valence-corrected chi connectivity index (χ3v) is 7.55. The zero-order chi connectivity index (χ0) is 17.9. The number of aromatic nitrogens is 1. The van der Waals surface area contributed by atoms with Gasteiger partial charge in [0.25, 0.3) is 0 Å². The summed E-state index contributed by atoms with van der Waals surface area (Å²) in [4.78, 5) is 16.3. The molecule has 0 N–H and O–H groups in total. The number of pyridine rings is 1. The molecule has 4 atom stereocenters. The minimum atomic E-state index is 0.108. The van der Waals surface area contributed by atoms with Crippen molar-refractivity contribution < 1.29 is 4.79 Å². The highest BCUT2D eigenvalue weighted by Gasteiger charge is 2.53. The largest absolute Gasteiger partial charge is 0.295 e. The maximum atomic E-state index is 11.9. The molecule has 2 unspecified atom stereocenters. The molecule has 1 heterocycles. The predicted octanol–water partition coefficient (Wildman–Crippen LogP) is 5.30. The van der Waals surface area contributed by atoms with Gasteiger partial charge in [0, 0.05) is 30.1 Å². The molecule has 0 saturated heterocycles. The average Bonchev–Trinajstić information content (AvgIpc) is 3.00. The summed E-state index contributed by atoms with van der Waals surface area (Å²) < 4.78 is 0. The highest BCUT2D eigenvalue weighted by atomic mass is 16.1. The van der Waals surface area contributed by atoms with Crippen molar-refractivity contribution in [3.8, 4) is 0 Å². The Bertz CT molecular complexity index is 903. The highest BCUT2D eigenvalue weighted by Crippen LogP contribution is 2.63. The van der Waals surface area contributed by atoms with Gasteiger partial charge in [0.15, 0.2) is 5.78 Å². The quantitative estimate of drug-likeness (QED) is 0.692. The molecule has 0 bridgehead atoms. The van der Waals surface area contributed by atoms with Crippen LogP contribution in [0, 0.1) is 22.7 Å². The molecular formula is C24H25NO. The van der Waals surface area contributed by atoms with Crippen LogP contribution in [0.4, 0.5) is 0 Å². The van der Waals surface area contributed by atoms with Crippen molar-refractivity contribution in [1.29, 1.82) is 0 Å². The van der Waals surface area contributed by atoms with Crippen LogP contribution >= 0.6 is 0 Å². The molecule has 1 saturated carbocycles. The summed E-state index contributed by atoms with van der Waals surface area (Å²) in [6.07, 6.45) is 19.1. The molecule has 2 heteroatoms. The van der Waals surface area contributed by atoms with Crippen LogP contribution in [0.2, 0.25) is 0 Å². The third-order valence-electron chi connectivity index (χ3n) is 7.55. The summed E-state index contributed by atoms with van der Waals surface area (Å²) in [6.45, 7) is 4.80. The van der Waals surface area contributed by atoms with Gasteiger partial charge < -0.3 is 0 Å². The third kappa shape index (κ3) is 2.05. The highest BCUT2D eigenvalue weighted by molar-refractivity contribution is 5.92. The zero-order valence-corrected chi connectivity index (χ0v) is 15.5. The molecule has 0 aliphatic heterocycles. The van der Waals surface area contributed by atoms with Gasteiger partial charge in [-0.3, -0.25) is 9.78 Å². The van der Waals surface area contributed by atoms with Gasteiger partial charge >= 0.3 is 0 Å². The minimum absolute atomic E-state index is 0.108. The Morgan fingerprint density at radius 2 is 2.08 bits per heavy atom. The summed E-state index contributed by atoms with van der Waals surface area (Å²) in [6, 6.07) is 4.21. The first kappa shape index (κ1) is 16.0. The monoisotopic (exact) mass is 343 g/mol. The van der Waals surface area contributed by atoms with Crippen molar-refractivity contribution >= 4 is 11.4 Å². The first-order valence-electron chi connectivity index (χ1n) is 9.79. The van der Waals surface area contributed by atoms with Crippen LogP contribution in [0.15, 0.2) is 66.1 Å². The van der Waals surface area contributed by atoms with E-state index in [0.29, 0.717) is 24.0 Å². The Labute approximate surface area is 155 Å². The Morgan fingerprint density at radius 1 is 1.19 bits per heavy atom. The van der Waals surface area contributed by atoms with Gasteiger partial charge in [-0.15, -0.1) is 0 Å². The number of allylic oxidation sites excluding steroid dienone is 8. The Hall–Kier alpha value is -2.22. The van der Waals surface area contributed by atoms with E-state index in [1.165, 1.54) is 29.6 Å². The molecule has 0 spiro atoms. The minimum Gasteiger partial charge on any atom is -0.295 e. The van der Waals surface area contributed by atoms with Gasteiger partial charge in [-0.1, -0.05) is 49.8 Å². The van der Waals surface area contributed by atoms with Crippen molar-refractivity contribution in [2.75, 3.05) is 0 Å². The summed E-state index contributed by atoms with van der Waals surface area (Å²) in [5, 5.41) is 0. The van der Waals surface area contributed by atoms with Crippen LogP contribution in [0.1, 0.15) is 45.1 Å². The second-order valence-corrected chi connectivity index (χ2v) is 8.79. The van der Waals surface area contributed by atoms with Gasteiger partial charge in [0.1, 0.15) is 0 Å². The van der Waals surface area contributed by atoms with Crippen LogP contribution in [-0.4, -0.2) is 10.8 Å². The molecule has 132 valence electrons. The lowest BCUT2D eigenvalue weighted by molar-refractivity contribution is -0.116. The van der Waals surface area contributed by atoms with Crippen molar-refractivity contribution in [2.45, 2.75) is 39.5 Å². The maximum Gasteiger partial charge on any atom is 0.156 e. The fourth-order valence-corrected chi connectivity index (χ4v) is 5.97. The van der Waals surface area contributed by atoms with Crippen molar-refractivity contribution in [3.05, 3.63) is 71.6 Å². The van der Waals surface area contributed by atoms with Crippen LogP contribution < -0.4 is 0 Å². The average molecular weight is 343 g/mol. The SMILES string of the molecule is C[C@]12CCC3C(C=CC4=CC(=O)CC[C@@]43C)C1=CC=C2c1cccnc1. The van der Waals surface area contributed by atoms with Gasteiger partial charge in [-0.25, -0.2) is 0 Å². The first-order valence-corrected chi connectivity index (χ1v) is 9.79. The number of hydrogen-bond acceptors (Lipinski definition) is 2. The molecule has 4 aliphatic rings. The van der Waals surface area contributed by atoms with Crippen LogP contribution in [0.25, 0.3) is 5.57 Å². The van der Waals surface area contributed by atoms with Crippen LogP contribution in [-0.2, 0) is 4.79 Å². The van der Waals surface area contributed by atoms with E-state index in [1.54, 1.807) is 5.57 Å². The van der Waals surface area contributed by atoms with Crippen molar-refractivity contribution in [1.82, 2.24) is 4.98 Å². The topological polar surface area (TPSA) is 30.0 Å². The predicted molar refractivity (Wildman–Crippen MR) is 104 cm³/mol. The molecule has 1 aromatic heterocycles. The molecule has 2 nitrogen and oxygen atoms in total. The zero-order valence-electron chi connectivity index (χ0n) is 15.5. The molecule has 0 radical (unpaired) electrons. The molecule has 4 aliphatic carbocycles. The summed E-state index contributed by atoms with van der Waals surface area (Å²) in [5.41, 5.74) is 5.73. The first-order chi connectivity index (χ1) is 12.5. The standard InChI is InChI=1S/C24H25NO/c1-23-11-9-18(26)14-17(23)5-6-19-21-8-7-20(16-4-3-13-25-15-16)24(21,2)12-10-22(19)23/h3-8,13-15,19,22H,9-12H2,1-2H3/t19?,22?,23-,24+/m0/s1. The Balaban J connectivity index is 1.54. The Morgan fingerprint density at radius 3 is 2.88 bits per heavy atom. The lowest BCUT2D eigenvalue weighted by Crippen LogP contribution is -2.45. The van der Waals surface area contributed by atoms with E-state index in [0.717, 1.165) is 6.42 Å². The number of carbonyl (C=O) groups is 1. The normalized spacial score (nSPS) is 37.9. The fraction of sp³-hybridized carbons (Fsp3) is 0.417. The van der Waals surface area contributed by atoms with E-state index in [1.807, 2.05) is 24.5 Å². The molecule has 26 heavy (non-hydrogen) atoms. The number of ketones is 1. The van der Waals surface area contributed by atoms with E-state index < -0.39 is 0 Å². The second-order valence-electron chi connectivity index (χ2n) is 8.79. The van der Waals surface area contributed by atoms with E-state index in [9.17, 15) is 4.79 Å². The molecule has 1 fully saturated rings.